The van der Waals surface area contributed by atoms with Gasteiger partial charge >= 0.3 is 0 Å². The number of anilines is 1. The number of carbonyl (C=O) groups is 1. The van der Waals surface area contributed by atoms with Crippen LogP contribution in [0.5, 0.6) is 5.75 Å². The zero-order valence-corrected chi connectivity index (χ0v) is 18.3. The van der Waals surface area contributed by atoms with Gasteiger partial charge in [-0.25, -0.2) is 4.68 Å². The van der Waals surface area contributed by atoms with Gasteiger partial charge in [-0.05, 0) is 48.0 Å². The second-order valence-corrected chi connectivity index (χ2v) is 8.02. The zero-order chi connectivity index (χ0) is 21.6. The van der Waals surface area contributed by atoms with E-state index in [1.54, 1.807) is 31.4 Å². The minimum atomic E-state index is -0.147. The van der Waals surface area contributed by atoms with Crippen molar-refractivity contribution in [2.75, 3.05) is 18.2 Å². The Hall–Kier alpha value is -3.23. The Morgan fingerprint density at radius 3 is 2.58 bits per heavy atom. The molecule has 2 heterocycles. The van der Waals surface area contributed by atoms with Crippen molar-refractivity contribution in [3.63, 3.8) is 0 Å². The van der Waals surface area contributed by atoms with E-state index in [0.717, 1.165) is 17.1 Å². The predicted molar refractivity (Wildman–Crippen MR) is 122 cm³/mol. The lowest BCUT2D eigenvalue weighted by Gasteiger charge is -2.11. The number of methoxy groups -OCH3 is 1. The molecule has 2 aromatic carbocycles. The molecule has 0 saturated heterocycles. The van der Waals surface area contributed by atoms with Crippen LogP contribution >= 0.6 is 23.4 Å². The second kappa shape index (κ2) is 9.72. The molecule has 0 bridgehead atoms. The number of nitrogens with zero attached hydrogens (tertiary/aromatic N) is 4. The molecule has 0 radical (unpaired) electrons. The van der Waals surface area contributed by atoms with Crippen molar-refractivity contribution in [2.24, 2.45) is 0 Å². The third kappa shape index (κ3) is 5.28. The van der Waals surface area contributed by atoms with Crippen molar-refractivity contribution >= 4 is 35.0 Å². The van der Waals surface area contributed by atoms with E-state index in [4.69, 9.17) is 16.3 Å². The van der Waals surface area contributed by atoms with Crippen LogP contribution in [-0.4, -0.2) is 38.3 Å². The van der Waals surface area contributed by atoms with Gasteiger partial charge in [0.25, 0.3) is 0 Å². The van der Waals surface area contributed by atoms with Crippen molar-refractivity contribution < 1.29 is 9.53 Å². The molecule has 0 aliphatic carbocycles. The van der Waals surface area contributed by atoms with E-state index in [1.165, 1.54) is 11.8 Å². The molecule has 4 aromatic rings. The number of nitrogens with one attached hydrogen (secondary N) is 1. The van der Waals surface area contributed by atoms with Crippen LogP contribution in [0.1, 0.15) is 11.4 Å². The highest BCUT2D eigenvalue weighted by molar-refractivity contribution is 7.99. The molecule has 31 heavy (non-hydrogen) atoms. The number of halogens is 1. The molecule has 2 aromatic heterocycles. The molecule has 7 nitrogen and oxygen atoms in total. The quantitative estimate of drug-likeness (QED) is 0.401. The van der Waals surface area contributed by atoms with Crippen LogP contribution in [0, 0.1) is 0 Å². The summed E-state index contributed by atoms with van der Waals surface area (Å²) in [5, 5.41) is 12.7. The van der Waals surface area contributed by atoms with Crippen LogP contribution in [0.4, 0.5) is 5.69 Å². The van der Waals surface area contributed by atoms with Crippen LogP contribution in [0.3, 0.4) is 0 Å². The lowest BCUT2D eigenvalue weighted by molar-refractivity contribution is -0.113. The van der Waals surface area contributed by atoms with Crippen molar-refractivity contribution in [1.29, 1.82) is 0 Å². The molecule has 1 amide bonds. The summed E-state index contributed by atoms with van der Waals surface area (Å²) in [6.45, 7) is 0. The highest BCUT2D eigenvalue weighted by atomic mass is 35.5. The van der Waals surface area contributed by atoms with Gasteiger partial charge in [-0.15, -0.1) is 10.2 Å². The molecular weight excluding hydrogens is 434 g/mol. The fraction of sp³-hybridized carbons (Fsp3) is 0.136. The van der Waals surface area contributed by atoms with Crippen LogP contribution < -0.4 is 10.1 Å². The number of hydrogen-bond donors (Lipinski definition) is 1. The topological polar surface area (TPSA) is 74.0 Å². The maximum absolute atomic E-state index is 12.4. The highest BCUT2D eigenvalue weighted by Crippen LogP contribution is 2.21. The van der Waals surface area contributed by atoms with Gasteiger partial charge < -0.3 is 10.1 Å². The number of thioether (sulfide) groups is 1. The van der Waals surface area contributed by atoms with Gasteiger partial charge in [0.05, 0.1) is 12.9 Å². The Kier molecular flexibility index (Phi) is 6.59. The highest BCUT2D eigenvalue weighted by Gasteiger charge is 2.16. The standard InChI is InChI=1S/C22H20ClN5O2S/c1-30-19-9-7-16(8-10-19)13-20-25-26-22(28(20)27-11-2-3-12-27)31-15-21(29)24-18-6-4-5-17(23)14-18/h2-12,14H,13,15H2,1H3,(H,24,29). The van der Waals surface area contributed by atoms with E-state index in [9.17, 15) is 4.79 Å². The van der Waals surface area contributed by atoms with E-state index in [2.05, 4.69) is 15.5 Å². The molecule has 0 aliphatic rings. The van der Waals surface area contributed by atoms with E-state index in [0.29, 0.717) is 22.3 Å². The van der Waals surface area contributed by atoms with Crippen molar-refractivity contribution in [2.45, 2.75) is 11.6 Å². The minimum Gasteiger partial charge on any atom is -0.497 e. The summed E-state index contributed by atoms with van der Waals surface area (Å²) >= 11 is 7.30. The van der Waals surface area contributed by atoms with Crippen molar-refractivity contribution in [3.05, 3.63) is 89.5 Å². The van der Waals surface area contributed by atoms with E-state index < -0.39 is 0 Å². The van der Waals surface area contributed by atoms with Gasteiger partial charge in [-0.3, -0.25) is 9.47 Å². The fourth-order valence-electron chi connectivity index (χ4n) is 3.01. The molecule has 0 fully saturated rings. The van der Waals surface area contributed by atoms with Gasteiger partial charge in [-0.1, -0.05) is 41.6 Å². The van der Waals surface area contributed by atoms with Crippen LogP contribution in [0.2, 0.25) is 5.02 Å². The summed E-state index contributed by atoms with van der Waals surface area (Å²) in [5.74, 6) is 1.61. The first-order chi connectivity index (χ1) is 15.1. The molecule has 0 atom stereocenters. The first kappa shape index (κ1) is 21.0. The molecule has 0 unspecified atom stereocenters. The Morgan fingerprint density at radius 2 is 1.87 bits per heavy atom. The van der Waals surface area contributed by atoms with E-state index in [1.807, 2.05) is 58.1 Å². The Balaban J connectivity index is 1.50. The molecule has 0 aliphatic heterocycles. The van der Waals surface area contributed by atoms with Gasteiger partial charge in [0.15, 0.2) is 5.82 Å². The zero-order valence-electron chi connectivity index (χ0n) is 16.7. The molecule has 158 valence electrons. The third-order valence-corrected chi connectivity index (χ3v) is 5.61. The second-order valence-electron chi connectivity index (χ2n) is 6.65. The monoisotopic (exact) mass is 453 g/mol. The largest absolute Gasteiger partial charge is 0.497 e. The predicted octanol–water partition coefficient (Wildman–Crippen LogP) is 4.37. The molecule has 0 spiro atoms. The van der Waals surface area contributed by atoms with Crippen LogP contribution in [-0.2, 0) is 11.2 Å². The fourth-order valence-corrected chi connectivity index (χ4v) is 3.95. The number of benzene rings is 2. The summed E-state index contributed by atoms with van der Waals surface area (Å²) in [4.78, 5) is 12.4. The average Bonchev–Trinajstić information content (AvgIpc) is 3.42. The number of carbonyl (C=O) groups excluding carboxylic acids is 1. The third-order valence-electron chi connectivity index (χ3n) is 4.46. The smallest absolute Gasteiger partial charge is 0.234 e. The summed E-state index contributed by atoms with van der Waals surface area (Å²) in [7, 11) is 1.64. The molecular formula is C22H20ClN5O2S. The Bertz CT molecular complexity index is 1160. The molecule has 4 rings (SSSR count). The van der Waals surface area contributed by atoms with Gasteiger partial charge in [0, 0.05) is 29.5 Å². The lowest BCUT2D eigenvalue weighted by atomic mass is 10.1. The van der Waals surface area contributed by atoms with Gasteiger partial charge in [0.1, 0.15) is 5.75 Å². The minimum absolute atomic E-state index is 0.147. The summed E-state index contributed by atoms with van der Waals surface area (Å²) in [6, 6.07) is 18.7. The maximum Gasteiger partial charge on any atom is 0.234 e. The normalized spacial score (nSPS) is 10.8. The van der Waals surface area contributed by atoms with Crippen LogP contribution in [0.25, 0.3) is 0 Å². The number of aromatic nitrogens is 4. The number of ether oxygens (including phenoxy) is 1. The average molecular weight is 454 g/mol. The van der Waals surface area contributed by atoms with E-state index in [-0.39, 0.29) is 11.7 Å². The first-order valence-electron chi connectivity index (χ1n) is 9.51. The number of rotatable bonds is 8. The van der Waals surface area contributed by atoms with Gasteiger partial charge in [-0.2, -0.15) is 0 Å². The van der Waals surface area contributed by atoms with E-state index >= 15 is 0 Å². The van der Waals surface area contributed by atoms with Gasteiger partial charge in [0.2, 0.25) is 11.1 Å². The van der Waals surface area contributed by atoms with Crippen LogP contribution in [0.15, 0.2) is 78.2 Å². The molecule has 1 N–H and O–H groups in total. The summed E-state index contributed by atoms with van der Waals surface area (Å²) < 4.78 is 9.03. The number of hydrogen-bond acceptors (Lipinski definition) is 5. The first-order valence-corrected chi connectivity index (χ1v) is 10.9. The summed E-state index contributed by atoms with van der Waals surface area (Å²) in [6.07, 6.45) is 4.42. The Labute approximate surface area is 189 Å². The lowest BCUT2D eigenvalue weighted by Crippen LogP contribution is -2.16. The van der Waals surface area contributed by atoms with Crippen molar-refractivity contribution in [1.82, 2.24) is 19.5 Å². The SMILES string of the molecule is COc1ccc(Cc2nnc(SCC(=O)Nc3cccc(Cl)c3)n2-n2cccc2)cc1. The molecule has 9 heteroatoms. The number of amides is 1. The summed E-state index contributed by atoms with van der Waals surface area (Å²) in [5.41, 5.74) is 1.74. The molecule has 0 saturated carbocycles. The maximum atomic E-state index is 12.4. The van der Waals surface area contributed by atoms with Crippen molar-refractivity contribution in [3.8, 4) is 5.75 Å². The Morgan fingerprint density at radius 1 is 1.10 bits per heavy atom.